The summed E-state index contributed by atoms with van der Waals surface area (Å²) in [5, 5.41) is 12.4. The van der Waals surface area contributed by atoms with E-state index in [0.29, 0.717) is 16.4 Å². The number of halogens is 1. The predicted octanol–water partition coefficient (Wildman–Crippen LogP) is 4.82. The quantitative estimate of drug-likeness (QED) is 0.423. The number of rotatable bonds is 4. The zero-order valence-electron chi connectivity index (χ0n) is 16.3. The molecule has 0 aliphatic heterocycles. The molecule has 7 nitrogen and oxygen atoms in total. The van der Waals surface area contributed by atoms with Gasteiger partial charge in [-0.2, -0.15) is 4.52 Å². The average Bonchev–Trinajstić information content (AvgIpc) is 3.21. The van der Waals surface area contributed by atoms with Crippen LogP contribution in [-0.2, 0) is 9.84 Å². The average molecular weight is 450 g/mol. The van der Waals surface area contributed by atoms with Gasteiger partial charge in [0.05, 0.1) is 10.4 Å². The van der Waals surface area contributed by atoms with Gasteiger partial charge >= 0.3 is 0 Å². The number of anilines is 2. The maximum atomic E-state index is 13.3. The van der Waals surface area contributed by atoms with Crippen molar-refractivity contribution >= 4 is 49.5 Å². The van der Waals surface area contributed by atoms with E-state index < -0.39 is 9.84 Å². The molecule has 5 rings (SSSR count). The molecule has 0 aliphatic rings. The fraction of sp³-hybridized carbons (Fsp3) is 0.0455. The van der Waals surface area contributed by atoms with E-state index in [1.165, 1.54) is 28.8 Å². The number of hydrogen-bond donors (Lipinski definition) is 1. The van der Waals surface area contributed by atoms with E-state index in [4.69, 9.17) is 11.6 Å². The zero-order valence-corrected chi connectivity index (χ0v) is 17.9. The normalized spacial score (nSPS) is 11.8. The Bertz CT molecular complexity index is 1550. The second-order valence-corrected chi connectivity index (χ2v) is 9.31. The Morgan fingerprint density at radius 3 is 2.42 bits per heavy atom. The molecule has 3 aromatic carbocycles. The molecule has 0 aliphatic carbocycles. The number of sulfone groups is 1. The summed E-state index contributed by atoms with van der Waals surface area (Å²) in [4.78, 5) is 4.70. The fourth-order valence-corrected chi connectivity index (χ4v) is 4.74. The van der Waals surface area contributed by atoms with Crippen molar-refractivity contribution in [3.05, 3.63) is 83.4 Å². The van der Waals surface area contributed by atoms with Gasteiger partial charge in [0.15, 0.2) is 5.65 Å². The van der Waals surface area contributed by atoms with E-state index >= 15 is 0 Å². The van der Waals surface area contributed by atoms with Crippen molar-refractivity contribution in [2.24, 2.45) is 0 Å². The number of fused-ring (bicyclic) bond motifs is 3. The highest BCUT2D eigenvalue weighted by atomic mass is 35.5. The van der Waals surface area contributed by atoms with E-state index in [-0.39, 0.29) is 15.6 Å². The molecule has 154 valence electrons. The van der Waals surface area contributed by atoms with Crippen molar-refractivity contribution in [2.75, 3.05) is 5.32 Å². The third kappa shape index (κ3) is 3.30. The van der Waals surface area contributed by atoms with Crippen LogP contribution in [0.1, 0.15) is 5.56 Å². The molecule has 0 saturated heterocycles. The van der Waals surface area contributed by atoms with Crippen molar-refractivity contribution < 1.29 is 8.42 Å². The van der Waals surface area contributed by atoms with Gasteiger partial charge in [-0.25, -0.2) is 13.4 Å². The van der Waals surface area contributed by atoms with Crippen LogP contribution in [0.25, 0.3) is 16.6 Å². The van der Waals surface area contributed by atoms with E-state index in [1.54, 1.807) is 0 Å². The van der Waals surface area contributed by atoms with Gasteiger partial charge < -0.3 is 5.32 Å². The van der Waals surface area contributed by atoms with E-state index in [2.05, 4.69) is 20.6 Å². The van der Waals surface area contributed by atoms with Crippen molar-refractivity contribution in [1.82, 2.24) is 19.8 Å². The van der Waals surface area contributed by atoms with Crippen LogP contribution in [0, 0.1) is 6.92 Å². The molecule has 0 bridgehead atoms. The molecule has 0 spiro atoms. The second-order valence-electron chi connectivity index (χ2n) is 7.00. The largest absolute Gasteiger partial charge is 0.339 e. The number of benzene rings is 3. The summed E-state index contributed by atoms with van der Waals surface area (Å²) >= 11 is 5.91. The molecule has 0 amide bonds. The molecular weight excluding hydrogens is 434 g/mol. The Morgan fingerprint density at radius 2 is 1.65 bits per heavy atom. The van der Waals surface area contributed by atoms with Crippen molar-refractivity contribution in [1.29, 1.82) is 0 Å². The number of nitrogens with one attached hydrogen (secondary N) is 1. The number of aromatic nitrogens is 4. The molecule has 0 unspecified atom stereocenters. The van der Waals surface area contributed by atoms with Crippen LogP contribution in [-0.4, -0.2) is 28.2 Å². The molecule has 1 N–H and O–H groups in total. The molecule has 5 aromatic rings. The van der Waals surface area contributed by atoms with Crippen LogP contribution in [0.2, 0.25) is 5.02 Å². The van der Waals surface area contributed by atoms with Crippen LogP contribution in [0.5, 0.6) is 0 Å². The Balaban J connectivity index is 1.75. The summed E-state index contributed by atoms with van der Waals surface area (Å²) in [6.45, 7) is 1.99. The maximum absolute atomic E-state index is 13.3. The summed E-state index contributed by atoms with van der Waals surface area (Å²) < 4.78 is 28.0. The molecule has 2 aromatic heterocycles. The van der Waals surface area contributed by atoms with Crippen LogP contribution >= 0.6 is 11.6 Å². The van der Waals surface area contributed by atoms with Gasteiger partial charge in [-0.15, -0.1) is 5.10 Å². The standard InChI is InChI=1S/C22H16ClN5O2S/c1-14-6-2-4-8-18(14)24-20-17-7-3-5-9-19(17)28-21(25-20)22(26-27-28)31(29,30)16-12-10-15(23)11-13-16/h2-13H,1H3,(H,24,25). The van der Waals surface area contributed by atoms with Crippen LogP contribution in [0.4, 0.5) is 11.5 Å². The third-order valence-electron chi connectivity index (χ3n) is 5.00. The minimum absolute atomic E-state index is 0.0719. The minimum Gasteiger partial charge on any atom is -0.339 e. The first kappa shape index (κ1) is 19.5. The first-order valence-electron chi connectivity index (χ1n) is 9.42. The van der Waals surface area contributed by atoms with Gasteiger partial charge in [-0.1, -0.05) is 47.1 Å². The lowest BCUT2D eigenvalue weighted by Gasteiger charge is -2.12. The fourth-order valence-electron chi connectivity index (χ4n) is 3.38. The lowest BCUT2D eigenvalue weighted by atomic mass is 10.2. The van der Waals surface area contributed by atoms with Gasteiger partial charge in [0, 0.05) is 16.1 Å². The van der Waals surface area contributed by atoms with Gasteiger partial charge in [0.1, 0.15) is 5.82 Å². The minimum atomic E-state index is -3.95. The van der Waals surface area contributed by atoms with Crippen LogP contribution < -0.4 is 5.32 Å². The van der Waals surface area contributed by atoms with E-state index in [1.807, 2.05) is 55.5 Å². The Labute approximate surface area is 183 Å². The lowest BCUT2D eigenvalue weighted by molar-refractivity contribution is 0.592. The van der Waals surface area contributed by atoms with Crippen molar-refractivity contribution in [2.45, 2.75) is 16.8 Å². The summed E-state index contributed by atoms with van der Waals surface area (Å²) in [7, 11) is -3.95. The highest BCUT2D eigenvalue weighted by molar-refractivity contribution is 7.91. The topological polar surface area (TPSA) is 89.2 Å². The van der Waals surface area contributed by atoms with E-state index in [9.17, 15) is 8.42 Å². The van der Waals surface area contributed by atoms with Crippen LogP contribution in [0.15, 0.2) is 82.7 Å². The third-order valence-corrected chi connectivity index (χ3v) is 6.92. The van der Waals surface area contributed by atoms with Crippen molar-refractivity contribution in [3.8, 4) is 0 Å². The predicted molar refractivity (Wildman–Crippen MR) is 120 cm³/mol. The molecule has 0 fully saturated rings. The SMILES string of the molecule is Cc1ccccc1Nc1nc2c(S(=O)(=O)c3ccc(Cl)cc3)nnn2c2ccccc12. The first-order valence-corrected chi connectivity index (χ1v) is 11.3. The van der Waals surface area contributed by atoms with Crippen LogP contribution in [0.3, 0.4) is 0 Å². The van der Waals surface area contributed by atoms with Crippen molar-refractivity contribution in [3.63, 3.8) is 0 Å². The van der Waals surface area contributed by atoms with Gasteiger partial charge in [-0.3, -0.25) is 0 Å². The summed E-state index contributed by atoms with van der Waals surface area (Å²) in [6.07, 6.45) is 0. The number of para-hydroxylation sites is 2. The lowest BCUT2D eigenvalue weighted by Crippen LogP contribution is -2.06. The number of nitrogens with zero attached hydrogens (tertiary/aromatic N) is 4. The summed E-state index contributed by atoms with van der Waals surface area (Å²) in [6, 6.07) is 21.2. The number of aryl methyl sites for hydroxylation is 1. The molecule has 0 atom stereocenters. The molecule has 0 radical (unpaired) electrons. The maximum Gasteiger partial charge on any atom is 0.229 e. The highest BCUT2D eigenvalue weighted by Gasteiger charge is 2.27. The monoisotopic (exact) mass is 449 g/mol. The zero-order chi connectivity index (χ0) is 21.6. The molecule has 9 heteroatoms. The Hall–Kier alpha value is -3.49. The first-order chi connectivity index (χ1) is 14.9. The van der Waals surface area contributed by atoms with Gasteiger partial charge in [0.25, 0.3) is 0 Å². The van der Waals surface area contributed by atoms with Gasteiger partial charge in [0.2, 0.25) is 14.9 Å². The summed E-state index contributed by atoms with van der Waals surface area (Å²) in [5.41, 5.74) is 2.74. The number of hydrogen-bond acceptors (Lipinski definition) is 6. The Morgan fingerprint density at radius 1 is 0.935 bits per heavy atom. The molecular formula is C22H16ClN5O2S. The molecule has 0 saturated carbocycles. The van der Waals surface area contributed by atoms with E-state index in [0.717, 1.165) is 16.6 Å². The summed E-state index contributed by atoms with van der Waals surface area (Å²) in [5.74, 6) is 0.521. The Kier molecular flexibility index (Phi) is 4.60. The highest BCUT2D eigenvalue weighted by Crippen LogP contribution is 2.30. The van der Waals surface area contributed by atoms with Gasteiger partial charge in [-0.05, 0) is 55.0 Å². The smallest absolute Gasteiger partial charge is 0.229 e. The molecule has 2 heterocycles. The molecule has 31 heavy (non-hydrogen) atoms. The second kappa shape index (κ2) is 7.33.